The van der Waals surface area contributed by atoms with Gasteiger partial charge in [-0.3, -0.25) is 0 Å². The number of aryl methyl sites for hydroxylation is 2. The molecule has 0 fully saturated rings. The van der Waals surface area contributed by atoms with Crippen LogP contribution in [-0.4, -0.2) is 20.1 Å². The summed E-state index contributed by atoms with van der Waals surface area (Å²) in [5.41, 5.74) is 3.23. The first-order valence-electron chi connectivity index (χ1n) is 7.90. The van der Waals surface area contributed by atoms with Crippen molar-refractivity contribution in [3.63, 3.8) is 0 Å². The second-order valence-electron chi connectivity index (χ2n) is 5.88. The van der Waals surface area contributed by atoms with Crippen molar-refractivity contribution < 1.29 is 13.5 Å². The molecule has 0 bridgehead atoms. The predicted octanol–water partition coefficient (Wildman–Crippen LogP) is 2.58. The van der Waals surface area contributed by atoms with Crippen LogP contribution in [0.2, 0.25) is 0 Å². The zero-order chi connectivity index (χ0) is 16.3. The van der Waals surface area contributed by atoms with Crippen molar-refractivity contribution in [2.75, 3.05) is 6.61 Å². The maximum Gasteiger partial charge on any atom is 0.241 e. The lowest BCUT2D eigenvalue weighted by atomic mass is 10.1. The lowest BCUT2D eigenvalue weighted by Crippen LogP contribution is -2.29. The second-order valence-corrected chi connectivity index (χ2v) is 7.59. The molecule has 23 heavy (non-hydrogen) atoms. The number of benzene rings is 2. The van der Waals surface area contributed by atoms with E-state index in [0.717, 1.165) is 30.4 Å². The zero-order valence-electron chi connectivity index (χ0n) is 12.9. The van der Waals surface area contributed by atoms with Crippen molar-refractivity contribution in [2.24, 2.45) is 0 Å². The molecule has 0 aliphatic heterocycles. The Morgan fingerprint density at radius 1 is 1.04 bits per heavy atom. The number of hydrogen-bond donors (Lipinski definition) is 2. The van der Waals surface area contributed by atoms with E-state index in [1.54, 1.807) is 12.1 Å². The molecule has 0 spiro atoms. The molecule has 0 saturated heterocycles. The van der Waals surface area contributed by atoms with E-state index in [0.29, 0.717) is 11.3 Å². The van der Waals surface area contributed by atoms with E-state index < -0.39 is 16.1 Å². The van der Waals surface area contributed by atoms with Crippen LogP contribution in [0.4, 0.5) is 0 Å². The summed E-state index contributed by atoms with van der Waals surface area (Å²) in [5.74, 6) is 0. The van der Waals surface area contributed by atoms with Gasteiger partial charge in [0.1, 0.15) is 0 Å². The molecule has 2 aromatic carbocycles. The van der Waals surface area contributed by atoms with Gasteiger partial charge in [0.15, 0.2) is 0 Å². The molecule has 0 radical (unpaired) electrons. The van der Waals surface area contributed by atoms with Crippen LogP contribution < -0.4 is 4.72 Å². The van der Waals surface area contributed by atoms with Gasteiger partial charge in [0, 0.05) is 12.6 Å². The minimum absolute atomic E-state index is 0.0771. The smallest absolute Gasteiger partial charge is 0.241 e. The van der Waals surface area contributed by atoms with Crippen LogP contribution in [0.3, 0.4) is 0 Å². The Morgan fingerprint density at radius 3 is 2.52 bits per heavy atom. The van der Waals surface area contributed by atoms with Crippen LogP contribution in [-0.2, 0) is 22.9 Å². The van der Waals surface area contributed by atoms with Crippen molar-refractivity contribution in [3.8, 4) is 0 Å². The van der Waals surface area contributed by atoms with E-state index in [1.807, 2.05) is 36.4 Å². The lowest BCUT2D eigenvalue weighted by molar-refractivity contribution is 0.272. The van der Waals surface area contributed by atoms with Gasteiger partial charge in [-0.15, -0.1) is 0 Å². The number of rotatable bonds is 6. The second kappa shape index (κ2) is 6.83. The molecule has 2 N–H and O–H groups in total. The highest BCUT2D eigenvalue weighted by atomic mass is 32.2. The Kier molecular flexibility index (Phi) is 4.80. The molecule has 1 atom stereocenters. The molecular weight excluding hydrogens is 310 g/mol. The van der Waals surface area contributed by atoms with Gasteiger partial charge < -0.3 is 5.11 Å². The summed E-state index contributed by atoms with van der Waals surface area (Å²) in [6, 6.07) is 14.3. The van der Waals surface area contributed by atoms with Gasteiger partial charge >= 0.3 is 0 Å². The number of fused-ring (bicyclic) bond motifs is 1. The van der Waals surface area contributed by atoms with Gasteiger partial charge in [0.05, 0.1) is 4.90 Å². The molecule has 5 heteroatoms. The summed E-state index contributed by atoms with van der Waals surface area (Å²) in [5, 5.41) is 9.26. The molecule has 0 aromatic heterocycles. The number of nitrogens with one attached hydrogen (secondary N) is 1. The molecule has 4 nitrogen and oxygen atoms in total. The molecule has 2 aromatic rings. The zero-order valence-corrected chi connectivity index (χ0v) is 13.7. The molecule has 0 saturated carbocycles. The van der Waals surface area contributed by atoms with E-state index in [1.165, 1.54) is 5.56 Å². The summed E-state index contributed by atoms with van der Waals surface area (Å²) in [6.07, 6.45) is 3.40. The minimum atomic E-state index is -3.61. The van der Waals surface area contributed by atoms with Crippen LogP contribution in [0.25, 0.3) is 0 Å². The summed E-state index contributed by atoms with van der Waals surface area (Å²) in [4.78, 5) is 0.303. The van der Waals surface area contributed by atoms with E-state index in [-0.39, 0.29) is 6.61 Å². The standard InChI is InChI=1S/C18H21NO3S/c20-12-11-18(15-5-2-1-3-6-15)19-23(21,22)17-10-9-14-7-4-8-16(14)13-17/h1-3,5-6,9-10,13,18-20H,4,7-8,11-12H2/t18-/m1/s1. The average Bonchev–Trinajstić information content (AvgIpc) is 3.03. The fourth-order valence-corrected chi connectivity index (χ4v) is 4.39. The first-order chi connectivity index (χ1) is 11.1. The molecule has 1 aliphatic carbocycles. The molecular formula is C18H21NO3S. The number of hydrogen-bond acceptors (Lipinski definition) is 3. The van der Waals surface area contributed by atoms with Gasteiger partial charge in [-0.2, -0.15) is 0 Å². The Labute approximate surface area is 137 Å². The van der Waals surface area contributed by atoms with Crippen molar-refractivity contribution in [3.05, 3.63) is 65.2 Å². The van der Waals surface area contributed by atoms with Crippen LogP contribution in [0.5, 0.6) is 0 Å². The normalized spacial score (nSPS) is 15.3. The van der Waals surface area contributed by atoms with Crippen LogP contribution in [0, 0.1) is 0 Å². The maximum absolute atomic E-state index is 12.7. The highest BCUT2D eigenvalue weighted by Gasteiger charge is 2.22. The largest absolute Gasteiger partial charge is 0.396 e. The third-order valence-electron chi connectivity index (χ3n) is 4.30. The summed E-state index contributed by atoms with van der Waals surface area (Å²) >= 11 is 0. The van der Waals surface area contributed by atoms with Gasteiger partial charge in [-0.25, -0.2) is 13.1 Å². The number of sulfonamides is 1. The van der Waals surface area contributed by atoms with Gasteiger partial charge in [-0.05, 0) is 54.5 Å². The van der Waals surface area contributed by atoms with E-state index in [9.17, 15) is 13.5 Å². The van der Waals surface area contributed by atoms with Gasteiger partial charge in [0.2, 0.25) is 10.0 Å². The highest BCUT2D eigenvalue weighted by molar-refractivity contribution is 7.89. The summed E-state index contributed by atoms with van der Waals surface area (Å²) in [6.45, 7) is -0.0771. The molecule has 0 amide bonds. The molecule has 3 rings (SSSR count). The molecule has 1 aliphatic rings. The van der Waals surface area contributed by atoms with Crippen LogP contribution >= 0.6 is 0 Å². The van der Waals surface area contributed by atoms with Crippen LogP contribution in [0.1, 0.15) is 35.6 Å². The summed E-state index contributed by atoms with van der Waals surface area (Å²) in [7, 11) is -3.61. The third-order valence-corrected chi connectivity index (χ3v) is 5.77. The van der Waals surface area contributed by atoms with E-state index in [4.69, 9.17) is 0 Å². The van der Waals surface area contributed by atoms with Crippen molar-refractivity contribution >= 4 is 10.0 Å². The number of aliphatic hydroxyl groups is 1. The van der Waals surface area contributed by atoms with Crippen LogP contribution in [0.15, 0.2) is 53.4 Å². The first kappa shape index (κ1) is 16.2. The lowest BCUT2D eigenvalue weighted by Gasteiger charge is -2.18. The molecule has 0 unspecified atom stereocenters. The third kappa shape index (κ3) is 3.63. The average molecular weight is 331 g/mol. The van der Waals surface area contributed by atoms with Gasteiger partial charge in [0.25, 0.3) is 0 Å². The van der Waals surface area contributed by atoms with E-state index >= 15 is 0 Å². The Bertz CT molecular complexity index is 772. The Balaban J connectivity index is 1.86. The minimum Gasteiger partial charge on any atom is -0.396 e. The van der Waals surface area contributed by atoms with Gasteiger partial charge in [-0.1, -0.05) is 36.4 Å². The monoisotopic (exact) mass is 331 g/mol. The quantitative estimate of drug-likeness (QED) is 0.855. The molecule has 122 valence electrons. The maximum atomic E-state index is 12.7. The Hall–Kier alpha value is -1.69. The van der Waals surface area contributed by atoms with E-state index in [2.05, 4.69) is 4.72 Å². The van der Waals surface area contributed by atoms with Crippen molar-refractivity contribution in [2.45, 2.75) is 36.6 Å². The van der Waals surface area contributed by atoms with Crippen molar-refractivity contribution in [1.82, 2.24) is 4.72 Å². The first-order valence-corrected chi connectivity index (χ1v) is 9.38. The predicted molar refractivity (Wildman–Crippen MR) is 89.7 cm³/mol. The topological polar surface area (TPSA) is 66.4 Å². The number of aliphatic hydroxyl groups excluding tert-OH is 1. The molecule has 0 heterocycles. The van der Waals surface area contributed by atoms with Crippen molar-refractivity contribution in [1.29, 1.82) is 0 Å². The fraction of sp³-hybridized carbons (Fsp3) is 0.333. The SMILES string of the molecule is O=S(=O)(N[C@H](CCO)c1ccccc1)c1ccc2c(c1)CCC2. The highest BCUT2D eigenvalue weighted by Crippen LogP contribution is 2.26. The fourth-order valence-electron chi connectivity index (χ4n) is 3.08. The Morgan fingerprint density at radius 2 is 1.78 bits per heavy atom. The summed E-state index contributed by atoms with van der Waals surface area (Å²) < 4.78 is 28.1.